The highest BCUT2D eigenvalue weighted by Gasteiger charge is 2.12. The molecular weight excluding hydrogens is 414 g/mol. The summed E-state index contributed by atoms with van der Waals surface area (Å²) in [5.41, 5.74) is 7.30. The summed E-state index contributed by atoms with van der Waals surface area (Å²) in [6.45, 7) is 0.578. The Bertz CT molecular complexity index is 585. The van der Waals surface area contributed by atoms with Crippen molar-refractivity contribution >= 4 is 40.4 Å². The Kier molecular flexibility index (Phi) is 6.46. The van der Waals surface area contributed by atoms with E-state index in [1.165, 1.54) is 0 Å². The molecule has 6 heteroatoms. The van der Waals surface area contributed by atoms with Gasteiger partial charge in [0.1, 0.15) is 4.99 Å². The average Bonchev–Trinajstić information content (AvgIpc) is 2.34. The fraction of sp³-hybridized carbons (Fsp3) is 0.0769. The summed E-state index contributed by atoms with van der Waals surface area (Å²) < 4.78 is 1.95. The first-order chi connectivity index (χ1) is 8.58. The van der Waals surface area contributed by atoms with Crippen molar-refractivity contribution in [1.29, 1.82) is 0 Å². The second kappa shape index (κ2) is 7.38. The maximum absolute atomic E-state index is 6.13. The van der Waals surface area contributed by atoms with Gasteiger partial charge in [0, 0.05) is 6.07 Å². The van der Waals surface area contributed by atoms with Crippen LogP contribution in [0.3, 0.4) is 0 Å². The van der Waals surface area contributed by atoms with Gasteiger partial charge in [0.25, 0.3) is 0 Å². The molecule has 0 saturated carbocycles. The molecule has 0 spiro atoms. The molecule has 2 aromatic rings. The SMILES string of the molecule is NC(=S)c1ccc[n+](Cc2c(Cl)cccc2Cl)c1.[I-]. The van der Waals surface area contributed by atoms with E-state index in [4.69, 9.17) is 41.2 Å². The molecule has 0 radical (unpaired) electrons. The van der Waals surface area contributed by atoms with Crippen LogP contribution >= 0.6 is 35.4 Å². The molecule has 2 rings (SSSR count). The third-order valence-corrected chi connectivity index (χ3v) is 3.49. The van der Waals surface area contributed by atoms with Crippen LogP contribution in [0.1, 0.15) is 11.1 Å². The second-order valence-corrected chi connectivity index (χ2v) is 5.08. The first-order valence-electron chi connectivity index (χ1n) is 5.29. The van der Waals surface area contributed by atoms with Crippen LogP contribution in [-0.4, -0.2) is 4.99 Å². The minimum absolute atomic E-state index is 0. The maximum Gasteiger partial charge on any atom is 0.179 e. The van der Waals surface area contributed by atoms with Crippen LogP contribution in [0, 0.1) is 0 Å². The zero-order chi connectivity index (χ0) is 13.1. The summed E-state index contributed by atoms with van der Waals surface area (Å²) in [5.74, 6) is 0. The molecule has 0 aliphatic carbocycles. The van der Waals surface area contributed by atoms with Gasteiger partial charge in [0.15, 0.2) is 18.9 Å². The van der Waals surface area contributed by atoms with E-state index in [9.17, 15) is 0 Å². The first kappa shape index (κ1) is 16.6. The van der Waals surface area contributed by atoms with E-state index >= 15 is 0 Å². The molecule has 0 bridgehead atoms. The number of thiocarbonyl (C=S) groups is 1. The summed E-state index contributed by atoms with van der Waals surface area (Å²) in [5, 5.41) is 1.30. The van der Waals surface area contributed by atoms with E-state index in [0.29, 0.717) is 21.6 Å². The van der Waals surface area contributed by atoms with Gasteiger partial charge in [-0.15, -0.1) is 0 Å². The molecule has 0 unspecified atom stereocenters. The van der Waals surface area contributed by atoms with E-state index in [0.717, 1.165) is 11.1 Å². The number of pyridine rings is 1. The first-order valence-corrected chi connectivity index (χ1v) is 6.46. The molecule has 1 heterocycles. The lowest BCUT2D eigenvalue weighted by molar-refractivity contribution is -0.688. The molecule has 0 atom stereocenters. The number of rotatable bonds is 3. The summed E-state index contributed by atoms with van der Waals surface area (Å²) in [4.78, 5) is 0.370. The van der Waals surface area contributed by atoms with Gasteiger partial charge in [0.05, 0.1) is 21.2 Å². The minimum Gasteiger partial charge on any atom is -1.00 e. The average molecular weight is 425 g/mol. The molecule has 19 heavy (non-hydrogen) atoms. The van der Waals surface area contributed by atoms with Gasteiger partial charge in [-0.05, 0) is 18.2 Å². The zero-order valence-corrected chi connectivity index (χ0v) is 14.3. The maximum atomic E-state index is 6.13. The van der Waals surface area contributed by atoms with E-state index in [1.54, 1.807) is 0 Å². The molecule has 2 nitrogen and oxygen atoms in total. The number of halogens is 3. The molecule has 1 aromatic heterocycles. The zero-order valence-electron chi connectivity index (χ0n) is 9.82. The number of aromatic nitrogens is 1. The molecule has 0 aliphatic heterocycles. The van der Waals surface area contributed by atoms with Crippen LogP contribution in [0.25, 0.3) is 0 Å². The largest absolute Gasteiger partial charge is 1.00 e. The molecular formula is C13H11Cl2IN2S. The number of nitrogens with two attached hydrogens (primary N) is 1. The smallest absolute Gasteiger partial charge is 0.179 e. The predicted octanol–water partition coefficient (Wildman–Crippen LogP) is -0.0326. The molecule has 0 saturated heterocycles. The Morgan fingerprint density at radius 1 is 1.16 bits per heavy atom. The lowest BCUT2D eigenvalue weighted by Crippen LogP contribution is -3.00. The summed E-state index contributed by atoms with van der Waals surface area (Å²) in [6, 6.07) is 9.22. The molecule has 2 N–H and O–H groups in total. The fourth-order valence-corrected chi connectivity index (χ4v) is 2.27. The third kappa shape index (κ3) is 4.27. The van der Waals surface area contributed by atoms with Crippen LogP contribution in [-0.2, 0) is 6.54 Å². The van der Waals surface area contributed by atoms with Crippen LogP contribution < -0.4 is 34.3 Å². The molecule has 0 aliphatic rings. The van der Waals surface area contributed by atoms with Gasteiger partial charge in [-0.3, -0.25) is 0 Å². The van der Waals surface area contributed by atoms with Crippen LogP contribution in [0.15, 0.2) is 42.7 Å². The van der Waals surface area contributed by atoms with E-state index in [1.807, 2.05) is 47.3 Å². The standard InChI is InChI=1S/C13H10Cl2N2S.HI/c14-11-4-1-5-12(15)10(11)8-17-6-2-3-9(7-17)13(16)18;/h1-7H,8H2,(H-,16,18);1H. The summed E-state index contributed by atoms with van der Waals surface area (Å²) in [7, 11) is 0. The Balaban J connectivity index is 0.00000180. The molecule has 0 fully saturated rings. The molecule has 1 aromatic carbocycles. The van der Waals surface area contributed by atoms with Gasteiger partial charge in [0.2, 0.25) is 0 Å². The monoisotopic (exact) mass is 424 g/mol. The highest BCUT2D eigenvalue weighted by Crippen LogP contribution is 2.23. The van der Waals surface area contributed by atoms with Crippen molar-refractivity contribution in [3.05, 3.63) is 63.9 Å². The van der Waals surface area contributed by atoms with Crippen molar-refractivity contribution in [1.82, 2.24) is 0 Å². The normalized spacial score (nSPS) is 9.79. The second-order valence-electron chi connectivity index (χ2n) is 3.83. The third-order valence-electron chi connectivity index (χ3n) is 2.55. The van der Waals surface area contributed by atoms with Gasteiger partial charge in [-0.25, -0.2) is 0 Å². The molecule has 0 amide bonds. The number of nitrogens with zero attached hydrogens (tertiary/aromatic N) is 1. The highest BCUT2D eigenvalue weighted by molar-refractivity contribution is 7.80. The van der Waals surface area contributed by atoms with Crippen LogP contribution in [0.2, 0.25) is 10.0 Å². The Morgan fingerprint density at radius 3 is 2.37 bits per heavy atom. The predicted molar refractivity (Wildman–Crippen MR) is 78.1 cm³/mol. The van der Waals surface area contributed by atoms with Gasteiger partial charge in [-0.2, -0.15) is 4.57 Å². The highest BCUT2D eigenvalue weighted by atomic mass is 127. The number of hydrogen-bond acceptors (Lipinski definition) is 1. The summed E-state index contributed by atoms with van der Waals surface area (Å²) >= 11 is 17.2. The Hall–Kier alpha value is -0.430. The van der Waals surface area contributed by atoms with Gasteiger partial charge in [-0.1, -0.05) is 41.5 Å². The number of hydrogen-bond donors (Lipinski definition) is 1. The lowest BCUT2D eigenvalue weighted by Gasteiger charge is -2.04. The van der Waals surface area contributed by atoms with Crippen molar-refractivity contribution in [2.24, 2.45) is 5.73 Å². The van der Waals surface area contributed by atoms with Gasteiger partial charge >= 0.3 is 0 Å². The van der Waals surface area contributed by atoms with E-state index < -0.39 is 0 Å². The molecule has 100 valence electrons. The Labute approximate surface area is 144 Å². The van der Waals surface area contributed by atoms with E-state index in [-0.39, 0.29) is 24.0 Å². The minimum atomic E-state index is 0. The Morgan fingerprint density at radius 2 is 1.79 bits per heavy atom. The quantitative estimate of drug-likeness (QED) is 0.426. The number of benzene rings is 1. The lowest BCUT2D eigenvalue weighted by atomic mass is 10.2. The van der Waals surface area contributed by atoms with E-state index in [2.05, 4.69) is 0 Å². The van der Waals surface area contributed by atoms with Crippen LogP contribution in [0.5, 0.6) is 0 Å². The van der Waals surface area contributed by atoms with Crippen molar-refractivity contribution in [2.75, 3.05) is 0 Å². The topological polar surface area (TPSA) is 29.9 Å². The van der Waals surface area contributed by atoms with Crippen molar-refractivity contribution in [3.8, 4) is 0 Å². The fourth-order valence-electron chi connectivity index (χ4n) is 1.63. The summed E-state index contributed by atoms with van der Waals surface area (Å²) in [6.07, 6.45) is 3.80. The van der Waals surface area contributed by atoms with Crippen LogP contribution in [0.4, 0.5) is 0 Å². The van der Waals surface area contributed by atoms with Crippen molar-refractivity contribution < 1.29 is 28.5 Å². The van der Waals surface area contributed by atoms with Crippen molar-refractivity contribution in [2.45, 2.75) is 6.54 Å². The van der Waals surface area contributed by atoms with Crippen molar-refractivity contribution in [3.63, 3.8) is 0 Å². The van der Waals surface area contributed by atoms with Gasteiger partial charge < -0.3 is 29.7 Å².